The van der Waals surface area contributed by atoms with E-state index in [0.29, 0.717) is 6.54 Å². The van der Waals surface area contributed by atoms with Crippen molar-refractivity contribution < 1.29 is 4.79 Å². The van der Waals surface area contributed by atoms with Crippen LogP contribution in [0.25, 0.3) is 0 Å². The van der Waals surface area contributed by atoms with Crippen LogP contribution in [0.3, 0.4) is 0 Å². The number of carbonyl (C=O) groups is 1. The number of urea groups is 1. The predicted molar refractivity (Wildman–Crippen MR) is 82.6 cm³/mol. The number of carbonyl (C=O) groups excluding carboxylic acids is 1. The van der Waals surface area contributed by atoms with Crippen molar-refractivity contribution in [1.82, 2.24) is 0 Å². The molecule has 0 spiro atoms. The van der Waals surface area contributed by atoms with Crippen molar-refractivity contribution in [3.05, 3.63) is 59.1 Å². The Morgan fingerprint density at radius 1 is 1.11 bits per heavy atom. The van der Waals surface area contributed by atoms with Crippen LogP contribution >= 0.6 is 15.9 Å². The number of anilines is 2. The van der Waals surface area contributed by atoms with Gasteiger partial charge in [0.05, 0.1) is 0 Å². The topological polar surface area (TPSA) is 32.3 Å². The summed E-state index contributed by atoms with van der Waals surface area (Å²) in [6.07, 6.45) is 0. The molecule has 0 aromatic heterocycles. The summed E-state index contributed by atoms with van der Waals surface area (Å²) in [4.78, 5) is 13.9. The van der Waals surface area contributed by atoms with E-state index in [1.807, 2.05) is 61.5 Å². The van der Waals surface area contributed by atoms with E-state index in [9.17, 15) is 4.79 Å². The lowest BCUT2D eigenvalue weighted by Crippen LogP contribution is -2.34. The predicted octanol–water partition coefficient (Wildman–Crippen LogP) is 4.51. The normalized spacial score (nSPS) is 10.0. The minimum absolute atomic E-state index is 0.129. The lowest BCUT2D eigenvalue weighted by Gasteiger charge is -2.21. The van der Waals surface area contributed by atoms with Gasteiger partial charge in [-0.15, -0.1) is 0 Å². The largest absolute Gasteiger partial charge is 0.326 e. The Labute approximate surface area is 121 Å². The fourth-order valence-corrected chi connectivity index (χ4v) is 2.04. The third kappa shape index (κ3) is 3.58. The van der Waals surface area contributed by atoms with E-state index in [0.717, 1.165) is 15.8 Å². The molecular formula is C15H15BrN2O. The summed E-state index contributed by atoms with van der Waals surface area (Å²) in [5, 5.41) is 2.88. The van der Waals surface area contributed by atoms with Gasteiger partial charge < -0.3 is 5.32 Å². The highest BCUT2D eigenvalue weighted by molar-refractivity contribution is 9.10. The van der Waals surface area contributed by atoms with Crippen LogP contribution in [0.4, 0.5) is 16.2 Å². The van der Waals surface area contributed by atoms with Crippen LogP contribution in [-0.4, -0.2) is 12.6 Å². The molecule has 0 bridgehead atoms. The van der Waals surface area contributed by atoms with Crippen LogP contribution in [0.15, 0.2) is 59.1 Å². The molecule has 4 heteroatoms. The molecule has 98 valence electrons. The first-order valence-electron chi connectivity index (χ1n) is 6.10. The summed E-state index contributed by atoms with van der Waals surface area (Å²) in [7, 11) is 0. The minimum atomic E-state index is -0.129. The zero-order valence-corrected chi connectivity index (χ0v) is 12.2. The number of hydrogen-bond acceptors (Lipinski definition) is 1. The monoisotopic (exact) mass is 318 g/mol. The van der Waals surface area contributed by atoms with E-state index in [1.54, 1.807) is 4.90 Å². The first kappa shape index (κ1) is 13.6. The van der Waals surface area contributed by atoms with Gasteiger partial charge in [0.25, 0.3) is 0 Å². The molecule has 0 aliphatic carbocycles. The fraction of sp³-hybridized carbons (Fsp3) is 0.133. The van der Waals surface area contributed by atoms with Crippen LogP contribution in [0, 0.1) is 0 Å². The Bertz CT molecular complexity index is 540. The molecule has 0 fully saturated rings. The molecule has 3 nitrogen and oxygen atoms in total. The number of nitrogens with zero attached hydrogens (tertiary/aromatic N) is 1. The van der Waals surface area contributed by atoms with Gasteiger partial charge in [0.2, 0.25) is 0 Å². The van der Waals surface area contributed by atoms with Crippen LogP contribution in [0.5, 0.6) is 0 Å². The van der Waals surface area contributed by atoms with E-state index in [1.165, 1.54) is 0 Å². The van der Waals surface area contributed by atoms with Crippen LogP contribution in [0.2, 0.25) is 0 Å². The van der Waals surface area contributed by atoms with Crippen LogP contribution in [0.1, 0.15) is 6.92 Å². The molecule has 2 amide bonds. The average molecular weight is 319 g/mol. The number of nitrogens with one attached hydrogen (secondary N) is 1. The number of benzene rings is 2. The van der Waals surface area contributed by atoms with Gasteiger partial charge in [-0.1, -0.05) is 34.1 Å². The SMILES string of the molecule is CCN(C(=O)Nc1ccc(Br)cc1)c1ccccc1. The summed E-state index contributed by atoms with van der Waals surface area (Å²) in [5.74, 6) is 0. The van der Waals surface area contributed by atoms with Crippen molar-refractivity contribution in [2.45, 2.75) is 6.92 Å². The maximum Gasteiger partial charge on any atom is 0.326 e. The van der Waals surface area contributed by atoms with Gasteiger partial charge in [-0.05, 0) is 43.3 Å². The third-order valence-electron chi connectivity index (χ3n) is 2.72. The van der Waals surface area contributed by atoms with Gasteiger partial charge >= 0.3 is 6.03 Å². The Morgan fingerprint density at radius 3 is 2.32 bits per heavy atom. The molecule has 2 rings (SSSR count). The van der Waals surface area contributed by atoms with Gasteiger partial charge in [-0.3, -0.25) is 4.90 Å². The van der Waals surface area contributed by atoms with Crippen molar-refractivity contribution >= 4 is 33.3 Å². The second kappa shape index (κ2) is 6.38. The number of hydrogen-bond donors (Lipinski definition) is 1. The Hall–Kier alpha value is -1.81. The van der Waals surface area contributed by atoms with E-state index >= 15 is 0 Å². The molecule has 0 saturated heterocycles. The maximum atomic E-state index is 12.2. The third-order valence-corrected chi connectivity index (χ3v) is 3.25. The lowest BCUT2D eigenvalue weighted by atomic mass is 10.3. The van der Waals surface area contributed by atoms with Gasteiger partial charge in [0, 0.05) is 22.4 Å². The molecule has 0 saturated carbocycles. The lowest BCUT2D eigenvalue weighted by molar-refractivity contribution is 0.257. The van der Waals surface area contributed by atoms with E-state index in [4.69, 9.17) is 0 Å². The minimum Gasteiger partial charge on any atom is -0.308 e. The second-order valence-corrected chi connectivity index (χ2v) is 4.93. The molecule has 0 unspecified atom stereocenters. The molecule has 0 atom stereocenters. The van der Waals surface area contributed by atoms with Gasteiger partial charge in [0.1, 0.15) is 0 Å². The highest BCUT2D eigenvalue weighted by atomic mass is 79.9. The van der Waals surface area contributed by atoms with Crippen molar-refractivity contribution in [3.63, 3.8) is 0 Å². The average Bonchev–Trinajstić information content (AvgIpc) is 2.43. The Morgan fingerprint density at radius 2 is 1.74 bits per heavy atom. The highest BCUT2D eigenvalue weighted by Crippen LogP contribution is 2.17. The van der Waals surface area contributed by atoms with Gasteiger partial charge in [0.15, 0.2) is 0 Å². The number of para-hydroxylation sites is 1. The molecule has 0 aliphatic heterocycles. The maximum absolute atomic E-state index is 12.2. The molecule has 19 heavy (non-hydrogen) atoms. The molecule has 2 aromatic rings. The molecule has 0 radical (unpaired) electrons. The smallest absolute Gasteiger partial charge is 0.308 e. The first-order chi connectivity index (χ1) is 9.20. The van der Waals surface area contributed by atoms with E-state index < -0.39 is 0 Å². The van der Waals surface area contributed by atoms with Gasteiger partial charge in [-0.25, -0.2) is 4.79 Å². The van der Waals surface area contributed by atoms with Crippen molar-refractivity contribution in [2.24, 2.45) is 0 Å². The molecule has 0 heterocycles. The standard InChI is InChI=1S/C15H15BrN2O/c1-2-18(14-6-4-3-5-7-14)15(19)17-13-10-8-12(16)9-11-13/h3-11H,2H2,1H3,(H,17,19). The molecule has 1 N–H and O–H groups in total. The van der Waals surface area contributed by atoms with Gasteiger partial charge in [-0.2, -0.15) is 0 Å². The molecular weight excluding hydrogens is 304 g/mol. The summed E-state index contributed by atoms with van der Waals surface area (Å²) >= 11 is 3.37. The summed E-state index contributed by atoms with van der Waals surface area (Å²) in [5.41, 5.74) is 1.67. The van der Waals surface area contributed by atoms with Crippen LogP contribution in [-0.2, 0) is 0 Å². The zero-order chi connectivity index (χ0) is 13.7. The summed E-state index contributed by atoms with van der Waals surface area (Å²) in [6.45, 7) is 2.57. The fourth-order valence-electron chi connectivity index (χ4n) is 1.78. The number of amides is 2. The second-order valence-electron chi connectivity index (χ2n) is 4.02. The number of halogens is 1. The quantitative estimate of drug-likeness (QED) is 0.887. The van der Waals surface area contributed by atoms with Crippen molar-refractivity contribution in [3.8, 4) is 0 Å². The van der Waals surface area contributed by atoms with E-state index in [2.05, 4.69) is 21.2 Å². The highest BCUT2D eigenvalue weighted by Gasteiger charge is 2.13. The van der Waals surface area contributed by atoms with Crippen LogP contribution < -0.4 is 10.2 Å². The number of rotatable bonds is 3. The Kier molecular flexibility index (Phi) is 4.58. The summed E-state index contributed by atoms with van der Waals surface area (Å²) < 4.78 is 0.987. The first-order valence-corrected chi connectivity index (χ1v) is 6.89. The van der Waals surface area contributed by atoms with Crippen molar-refractivity contribution in [2.75, 3.05) is 16.8 Å². The van der Waals surface area contributed by atoms with Crippen molar-refractivity contribution in [1.29, 1.82) is 0 Å². The Balaban J connectivity index is 2.11. The van der Waals surface area contributed by atoms with E-state index in [-0.39, 0.29) is 6.03 Å². The molecule has 2 aromatic carbocycles. The summed E-state index contributed by atoms with van der Waals surface area (Å²) in [6, 6.07) is 17.0. The molecule has 0 aliphatic rings. The zero-order valence-electron chi connectivity index (χ0n) is 10.6.